The Bertz CT molecular complexity index is 1230. The molecular weight excluding hydrogens is 352 g/mol. The first kappa shape index (κ1) is 15.0. The van der Waals surface area contributed by atoms with Gasteiger partial charge in [0.15, 0.2) is 17.0 Å². The SMILES string of the molecule is CCn1cc(Cl)c(-c2nc3c4cnn(-c5ccccc5)c4ncn3n2)n1. The Morgan fingerprint density at radius 3 is 2.69 bits per heavy atom. The number of aryl methyl sites for hydroxylation is 1. The van der Waals surface area contributed by atoms with E-state index in [1.54, 1.807) is 32.6 Å². The average molecular weight is 365 g/mol. The Hall–Kier alpha value is -3.26. The van der Waals surface area contributed by atoms with Crippen LogP contribution in [0.3, 0.4) is 0 Å². The van der Waals surface area contributed by atoms with Gasteiger partial charge in [-0.1, -0.05) is 29.8 Å². The molecule has 0 spiro atoms. The lowest BCUT2D eigenvalue weighted by Crippen LogP contribution is -1.98. The number of para-hydroxylation sites is 1. The van der Waals surface area contributed by atoms with Crippen molar-refractivity contribution >= 4 is 28.3 Å². The third-order valence-electron chi connectivity index (χ3n) is 4.16. The summed E-state index contributed by atoms with van der Waals surface area (Å²) in [6.07, 6.45) is 5.14. The maximum atomic E-state index is 6.28. The summed E-state index contributed by atoms with van der Waals surface area (Å²) in [5.41, 5.74) is 2.87. The van der Waals surface area contributed by atoms with Gasteiger partial charge in [0.1, 0.15) is 6.33 Å². The van der Waals surface area contributed by atoms with Gasteiger partial charge in [-0.3, -0.25) is 4.68 Å². The Morgan fingerprint density at radius 1 is 1.08 bits per heavy atom. The van der Waals surface area contributed by atoms with Crippen LogP contribution in [0.1, 0.15) is 6.92 Å². The largest absolute Gasteiger partial charge is 0.271 e. The molecule has 0 aliphatic rings. The van der Waals surface area contributed by atoms with E-state index in [1.165, 1.54) is 0 Å². The van der Waals surface area contributed by atoms with Crippen LogP contribution in [-0.2, 0) is 6.54 Å². The van der Waals surface area contributed by atoms with Crippen molar-refractivity contribution < 1.29 is 0 Å². The summed E-state index contributed by atoms with van der Waals surface area (Å²) in [5, 5.41) is 14.7. The van der Waals surface area contributed by atoms with Crippen molar-refractivity contribution in [2.75, 3.05) is 0 Å². The van der Waals surface area contributed by atoms with E-state index >= 15 is 0 Å². The number of rotatable bonds is 3. The van der Waals surface area contributed by atoms with Gasteiger partial charge in [0.05, 0.1) is 22.3 Å². The third kappa shape index (κ3) is 2.19. The predicted octanol–water partition coefficient (Wildman–Crippen LogP) is 3.00. The quantitative estimate of drug-likeness (QED) is 0.491. The highest BCUT2D eigenvalue weighted by atomic mass is 35.5. The highest BCUT2D eigenvalue weighted by Crippen LogP contribution is 2.26. The summed E-state index contributed by atoms with van der Waals surface area (Å²) in [6.45, 7) is 2.72. The molecule has 0 bridgehead atoms. The lowest BCUT2D eigenvalue weighted by Gasteiger charge is -2.01. The Labute approximate surface area is 152 Å². The molecule has 4 heterocycles. The van der Waals surface area contributed by atoms with Crippen LogP contribution in [0.4, 0.5) is 0 Å². The smallest absolute Gasteiger partial charge is 0.204 e. The molecule has 0 aliphatic heterocycles. The molecule has 0 saturated carbocycles. The van der Waals surface area contributed by atoms with Crippen molar-refractivity contribution in [1.82, 2.24) is 39.1 Å². The molecule has 5 aromatic rings. The van der Waals surface area contributed by atoms with Crippen molar-refractivity contribution in [3.8, 4) is 17.2 Å². The average Bonchev–Trinajstić information content (AvgIpc) is 3.37. The molecule has 0 saturated heterocycles. The maximum Gasteiger partial charge on any atom is 0.204 e. The van der Waals surface area contributed by atoms with E-state index in [-0.39, 0.29) is 0 Å². The van der Waals surface area contributed by atoms with Crippen LogP contribution in [0, 0.1) is 0 Å². The summed E-state index contributed by atoms with van der Waals surface area (Å²) in [6, 6.07) is 9.84. The Morgan fingerprint density at radius 2 is 1.92 bits per heavy atom. The molecule has 4 aromatic heterocycles. The number of benzene rings is 1. The first-order chi connectivity index (χ1) is 12.7. The lowest BCUT2D eigenvalue weighted by atomic mass is 10.3. The highest BCUT2D eigenvalue weighted by Gasteiger charge is 2.18. The summed E-state index contributed by atoms with van der Waals surface area (Å²) in [4.78, 5) is 9.12. The molecule has 5 rings (SSSR count). The van der Waals surface area contributed by atoms with Gasteiger partial charge in [-0.25, -0.2) is 19.2 Å². The fourth-order valence-electron chi connectivity index (χ4n) is 2.89. The summed E-state index contributed by atoms with van der Waals surface area (Å²) in [7, 11) is 0. The van der Waals surface area contributed by atoms with Crippen LogP contribution < -0.4 is 0 Å². The van der Waals surface area contributed by atoms with E-state index in [0.717, 1.165) is 17.6 Å². The zero-order valence-corrected chi connectivity index (χ0v) is 14.5. The first-order valence-corrected chi connectivity index (χ1v) is 8.50. The number of aromatic nitrogens is 8. The summed E-state index contributed by atoms with van der Waals surface area (Å²) in [5.74, 6) is 0.462. The Balaban J connectivity index is 1.70. The van der Waals surface area contributed by atoms with Gasteiger partial charge in [-0.2, -0.15) is 10.2 Å². The topological polar surface area (TPSA) is 78.7 Å². The second kappa shape index (κ2) is 5.63. The normalized spacial score (nSPS) is 11.6. The first-order valence-electron chi connectivity index (χ1n) is 8.12. The van der Waals surface area contributed by atoms with E-state index < -0.39 is 0 Å². The molecule has 0 aliphatic carbocycles. The van der Waals surface area contributed by atoms with Crippen molar-refractivity contribution in [2.24, 2.45) is 0 Å². The number of nitrogens with zero attached hydrogens (tertiary/aromatic N) is 8. The van der Waals surface area contributed by atoms with Crippen molar-refractivity contribution in [2.45, 2.75) is 13.5 Å². The fourth-order valence-corrected chi connectivity index (χ4v) is 3.12. The second-order valence-corrected chi connectivity index (χ2v) is 6.17. The van der Waals surface area contributed by atoms with Gasteiger partial charge in [-0.05, 0) is 19.1 Å². The number of hydrogen-bond acceptors (Lipinski definition) is 5. The Kier molecular flexibility index (Phi) is 3.26. The molecule has 0 radical (unpaired) electrons. The number of fused-ring (bicyclic) bond motifs is 3. The van der Waals surface area contributed by atoms with Crippen LogP contribution in [0.25, 0.3) is 33.9 Å². The van der Waals surface area contributed by atoms with Gasteiger partial charge in [0.25, 0.3) is 0 Å². The second-order valence-electron chi connectivity index (χ2n) is 5.76. The molecule has 0 atom stereocenters. The van der Waals surface area contributed by atoms with Gasteiger partial charge in [0.2, 0.25) is 5.82 Å². The molecule has 0 fully saturated rings. The summed E-state index contributed by atoms with van der Waals surface area (Å²) < 4.78 is 5.16. The molecule has 26 heavy (non-hydrogen) atoms. The van der Waals surface area contributed by atoms with Crippen LogP contribution in [0.5, 0.6) is 0 Å². The van der Waals surface area contributed by atoms with Crippen molar-refractivity contribution in [3.63, 3.8) is 0 Å². The monoisotopic (exact) mass is 364 g/mol. The molecule has 0 amide bonds. The van der Waals surface area contributed by atoms with E-state index in [4.69, 9.17) is 11.6 Å². The van der Waals surface area contributed by atoms with E-state index in [1.807, 2.05) is 37.3 Å². The van der Waals surface area contributed by atoms with Gasteiger partial charge in [-0.15, -0.1) is 5.10 Å². The highest BCUT2D eigenvalue weighted by molar-refractivity contribution is 6.32. The van der Waals surface area contributed by atoms with E-state index in [0.29, 0.717) is 27.8 Å². The minimum atomic E-state index is 0.462. The zero-order valence-electron chi connectivity index (χ0n) is 13.8. The van der Waals surface area contributed by atoms with E-state index in [9.17, 15) is 0 Å². The van der Waals surface area contributed by atoms with Crippen molar-refractivity contribution in [3.05, 3.63) is 54.1 Å². The minimum absolute atomic E-state index is 0.462. The molecule has 128 valence electrons. The maximum absolute atomic E-state index is 6.28. The lowest BCUT2D eigenvalue weighted by molar-refractivity contribution is 0.661. The molecule has 9 heteroatoms. The van der Waals surface area contributed by atoms with Gasteiger partial charge in [0, 0.05) is 12.7 Å². The third-order valence-corrected chi connectivity index (χ3v) is 4.44. The fraction of sp³-hybridized carbons (Fsp3) is 0.118. The van der Waals surface area contributed by atoms with Gasteiger partial charge >= 0.3 is 0 Å². The van der Waals surface area contributed by atoms with E-state index in [2.05, 4.69) is 25.3 Å². The zero-order chi connectivity index (χ0) is 17.7. The number of hydrogen-bond donors (Lipinski definition) is 0. The van der Waals surface area contributed by atoms with Gasteiger partial charge < -0.3 is 0 Å². The predicted molar refractivity (Wildman–Crippen MR) is 97.3 cm³/mol. The van der Waals surface area contributed by atoms with Crippen LogP contribution in [0.2, 0.25) is 5.02 Å². The minimum Gasteiger partial charge on any atom is -0.271 e. The number of halogens is 1. The van der Waals surface area contributed by atoms with Crippen LogP contribution >= 0.6 is 11.6 Å². The van der Waals surface area contributed by atoms with Crippen molar-refractivity contribution in [1.29, 1.82) is 0 Å². The molecule has 8 nitrogen and oxygen atoms in total. The summed E-state index contributed by atoms with van der Waals surface area (Å²) >= 11 is 6.28. The van der Waals surface area contributed by atoms with Crippen LogP contribution in [-0.4, -0.2) is 39.1 Å². The standard InChI is InChI=1S/C17H13ClN8/c1-2-24-9-13(18)14(22-24)15-21-17-12-8-20-26(11-6-4-3-5-7-11)16(12)19-10-25(17)23-15/h3-10H,2H2,1H3. The molecule has 0 unspecified atom stereocenters. The van der Waals surface area contributed by atoms with Crippen LogP contribution in [0.15, 0.2) is 49.1 Å². The molecule has 0 N–H and O–H groups in total. The molecular formula is C17H13ClN8. The molecule has 1 aromatic carbocycles.